The van der Waals surface area contributed by atoms with Gasteiger partial charge in [0.2, 0.25) is 0 Å². The molecule has 104 valence electrons. The van der Waals surface area contributed by atoms with Crippen molar-refractivity contribution in [1.82, 2.24) is 9.88 Å². The lowest BCUT2D eigenvalue weighted by molar-refractivity contribution is -0.132. The lowest BCUT2D eigenvalue weighted by Crippen LogP contribution is -2.28. The van der Waals surface area contributed by atoms with Crippen LogP contribution in [0.15, 0.2) is 59.7 Å². The topological polar surface area (TPSA) is 62.7 Å². The summed E-state index contributed by atoms with van der Waals surface area (Å²) in [6.07, 6.45) is 9.84. The van der Waals surface area contributed by atoms with Crippen LogP contribution in [0.25, 0.3) is 5.70 Å². The molecule has 1 aromatic rings. The molecule has 1 aliphatic carbocycles. The molecule has 0 atom stereocenters. The second-order valence-corrected chi connectivity index (χ2v) is 5.00. The van der Waals surface area contributed by atoms with Crippen molar-refractivity contribution in [3.05, 3.63) is 65.4 Å². The number of aliphatic carboxylic acids is 1. The summed E-state index contributed by atoms with van der Waals surface area (Å²) in [5.41, 5.74) is 2.87. The van der Waals surface area contributed by atoms with Gasteiger partial charge in [0.05, 0.1) is 23.5 Å². The Morgan fingerprint density at radius 1 is 1.38 bits per heavy atom. The molecular weight excluding hydrogens is 268 g/mol. The first kappa shape index (κ1) is 12.0. The maximum atomic E-state index is 11.2. The lowest BCUT2D eigenvalue weighted by Gasteiger charge is -2.28. The number of hydrogen-bond acceptors (Lipinski definition) is 4. The number of allylic oxidation sites excluding steroid dienone is 4. The Labute approximate surface area is 121 Å². The van der Waals surface area contributed by atoms with Crippen LogP contribution in [0.2, 0.25) is 0 Å². The van der Waals surface area contributed by atoms with Gasteiger partial charge in [-0.3, -0.25) is 4.98 Å². The van der Waals surface area contributed by atoms with E-state index in [1.807, 2.05) is 29.2 Å². The minimum Gasteiger partial charge on any atom is -0.478 e. The average molecular weight is 280 g/mol. The third-order valence-corrected chi connectivity index (χ3v) is 3.74. The molecule has 0 unspecified atom stereocenters. The molecule has 5 heteroatoms. The number of rotatable bonds is 1. The van der Waals surface area contributed by atoms with Crippen LogP contribution in [0.5, 0.6) is 5.75 Å². The molecule has 0 amide bonds. The third kappa shape index (κ3) is 1.78. The van der Waals surface area contributed by atoms with Crippen LogP contribution >= 0.6 is 0 Å². The molecule has 0 saturated carbocycles. The Kier molecular flexibility index (Phi) is 2.47. The fraction of sp³-hybridized carbons (Fsp3) is 0.125. The molecule has 2 aliphatic heterocycles. The highest BCUT2D eigenvalue weighted by Crippen LogP contribution is 2.40. The first-order valence-corrected chi connectivity index (χ1v) is 6.68. The minimum atomic E-state index is -0.902. The molecule has 0 radical (unpaired) electrons. The molecule has 0 fully saturated rings. The van der Waals surface area contributed by atoms with Crippen molar-refractivity contribution < 1.29 is 14.6 Å². The lowest BCUT2D eigenvalue weighted by atomic mass is 10.1. The quantitative estimate of drug-likeness (QED) is 0.855. The Hall–Kier alpha value is -2.82. The zero-order valence-electron chi connectivity index (χ0n) is 11.1. The van der Waals surface area contributed by atoms with E-state index in [0.717, 1.165) is 22.8 Å². The molecule has 3 heterocycles. The van der Waals surface area contributed by atoms with Crippen molar-refractivity contribution in [1.29, 1.82) is 0 Å². The number of ether oxygens (including phenoxy) is 1. The number of hydrogen-bond donors (Lipinski definition) is 1. The van der Waals surface area contributed by atoms with Crippen molar-refractivity contribution in [2.45, 2.75) is 6.42 Å². The van der Waals surface area contributed by atoms with Gasteiger partial charge in [-0.1, -0.05) is 6.08 Å². The molecule has 4 rings (SSSR count). The summed E-state index contributed by atoms with van der Waals surface area (Å²) in [7, 11) is 0. The summed E-state index contributed by atoms with van der Waals surface area (Å²) < 4.78 is 5.97. The van der Waals surface area contributed by atoms with Crippen molar-refractivity contribution >= 4 is 11.7 Å². The molecule has 0 bridgehead atoms. The van der Waals surface area contributed by atoms with E-state index in [-0.39, 0.29) is 0 Å². The van der Waals surface area contributed by atoms with E-state index in [1.165, 1.54) is 0 Å². The predicted octanol–water partition coefficient (Wildman–Crippen LogP) is 2.31. The maximum absolute atomic E-state index is 11.2. The van der Waals surface area contributed by atoms with Gasteiger partial charge in [-0.25, -0.2) is 4.79 Å². The standard InChI is InChI=1S/C16H12N2O3/c19-16(20)10-6-7-12-15-14(5-2-8-17-15)21-13-4-1-3-11(13)18(12)9-10/h1-3,5-8H,4,9H2,(H,19,20). The van der Waals surface area contributed by atoms with Gasteiger partial charge in [0.1, 0.15) is 11.5 Å². The van der Waals surface area contributed by atoms with Crippen LogP contribution < -0.4 is 4.74 Å². The van der Waals surface area contributed by atoms with Crippen molar-refractivity contribution in [3.8, 4) is 5.75 Å². The number of carbonyl (C=O) groups is 1. The molecule has 21 heavy (non-hydrogen) atoms. The number of aromatic nitrogens is 1. The zero-order valence-corrected chi connectivity index (χ0v) is 11.1. The first-order valence-electron chi connectivity index (χ1n) is 6.68. The van der Waals surface area contributed by atoms with Crippen LogP contribution in [0.1, 0.15) is 12.1 Å². The van der Waals surface area contributed by atoms with Crippen molar-refractivity contribution in [2.75, 3.05) is 6.54 Å². The normalized spacial score (nSPS) is 19.0. The number of fused-ring (bicyclic) bond motifs is 4. The van der Waals surface area contributed by atoms with Crippen molar-refractivity contribution in [2.24, 2.45) is 0 Å². The van der Waals surface area contributed by atoms with Gasteiger partial charge in [0, 0.05) is 12.6 Å². The summed E-state index contributed by atoms with van der Waals surface area (Å²) in [4.78, 5) is 17.6. The monoisotopic (exact) mass is 280 g/mol. The third-order valence-electron chi connectivity index (χ3n) is 3.74. The molecule has 0 saturated heterocycles. The van der Waals surface area contributed by atoms with E-state index in [9.17, 15) is 9.90 Å². The number of carboxylic acid groups (broad SMARTS) is 1. The SMILES string of the molecule is O=C(O)C1=CC=C2c3ncccc3OC3=C(C=CC3)N2C1. The molecule has 5 nitrogen and oxygen atoms in total. The Morgan fingerprint density at radius 3 is 3.14 bits per heavy atom. The number of nitrogens with zero attached hydrogens (tertiary/aromatic N) is 2. The summed E-state index contributed by atoms with van der Waals surface area (Å²) in [6, 6.07) is 3.71. The van der Waals surface area contributed by atoms with Crippen LogP contribution in [-0.2, 0) is 4.79 Å². The molecule has 1 N–H and O–H groups in total. The summed E-state index contributed by atoms with van der Waals surface area (Å²) in [5, 5.41) is 9.23. The second-order valence-electron chi connectivity index (χ2n) is 5.00. The smallest absolute Gasteiger partial charge is 0.333 e. The molecular formula is C16H12N2O3. The van der Waals surface area contributed by atoms with Gasteiger partial charge in [-0.05, 0) is 30.4 Å². The van der Waals surface area contributed by atoms with E-state index in [0.29, 0.717) is 24.3 Å². The van der Waals surface area contributed by atoms with Gasteiger partial charge in [0.15, 0.2) is 5.75 Å². The fourth-order valence-corrected chi connectivity index (χ4v) is 2.75. The van der Waals surface area contributed by atoms with Gasteiger partial charge < -0.3 is 14.7 Å². The summed E-state index contributed by atoms with van der Waals surface area (Å²) in [6.45, 7) is 0.309. The predicted molar refractivity (Wildman–Crippen MR) is 76.0 cm³/mol. The second kappa shape index (κ2) is 4.34. The first-order chi connectivity index (χ1) is 10.2. The Morgan fingerprint density at radius 2 is 2.29 bits per heavy atom. The van der Waals surface area contributed by atoms with E-state index in [1.54, 1.807) is 18.3 Å². The van der Waals surface area contributed by atoms with Gasteiger partial charge >= 0.3 is 5.97 Å². The van der Waals surface area contributed by atoms with Crippen LogP contribution in [0.4, 0.5) is 0 Å². The average Bonchev–Trinajstić information content (AvgIpc) is 2.90. The van der Waals surface area contributed by atoms with Gasteiger partial charge in [-0.2, -0.15) is 0 Å². The maximum Gasteiger partial charge on any atom is 0.333 e. The molecule has 3 aliphatic rings. The van der Waals surface area contributed by atoms with E-state index in [4.69, 9.17) is 4.74 Å². The number of pyridine rings is 1. The fourth-order valence-electron chi connectivity index (χ4n) is 2.75. The molecule has 0 spiro atoms. The van der Waals surface area contributed by atoms with E-state index >= 15 is 0 Å². The number of carboxylic acids is 1. The molecule has 0 aromatic carbocycles. The zero-order chi connectivity index (χ0) is 14.4. The highest BCUT2D eigenvalue weighted by atomic mass is 16.5. The van der Waals surface area contributed by atoms with E-state index in [2.05, 4.69) is 4.98 Å². The van der Waals surface area contributed by atoms with Gasteiger partial charge in [-0.15, -0.1) is 0 Å². The largest absolute Gasteiger partial charge is 0.478 e. The highest BCUT2D eigenvalue weighted by molar-refractivity contribution is 5.90. The van der Waals surface area contributed by atoms with Crippen LogP contribution in [-0.4, -0.2) is 27.5 Å². The Bertz CT molecular complexity index is 771. The molecule has 1 aromatic heterocycles. The van der Waals surface area contributed by atoms with E-state index < -0.39 is 5.97 Å². The Balaban J connectivity index is 1.92. The van der Waals surface area contributed by atoms with Crippen LogP contribution in [0.3, 0.4) is 0 Å². The summed E-state index contributed by atoms with van der Waals surface area (Å²) >= 11 is 0. The van der Waals surface area contributed by atoms with Crippen LogP contribution in [0, 0.1) is 0 Å². The van der Waals surface area contributed by atoms with Gasteiger partial charge in [0.25, 0.3) is 0 Å². The highest BCUT2D eigenvalue weighted by Gasteiger charge is 2.31. The minimum absolute atomic E-state index is 0.309. The van der Waals surface area contributed by atoms with Crippen molar-refractivity contribution in [3.63, 3.8) is 0 Å². The summed E-state index contributed by atoms with van der Waals surface area (Å²) in [5.74, 6) is 0.634.